The summed E-state index contributed by atoms with van der Waals surface area (Å²) < 4.78 is 12.4. The molecular formula is C13H18BrNO2. The van der Waals surface area contributed by atoms with Crippen LogP contribution in [-0.2, 0) is 11.2 Å². The molecule has 3 nitrogen and oxygen atoms in total. The molecular weight excluding hydrogens is 282 g/mol. The van der Waals surface area contributed by atoms with Crippen molar-refractivity contribution in [2.75, 3.05) is 19.8 Å². The first-order valence-electron chi connectivity index (χ1n) is 6.03. The van der Waals surface area contributed by atoms with Gasteiger partial charge in [-0.15, -0.1) is 0 Å². The van der Waals surface area contributed by atoms with Crippen molar-refractivity contribution in [2.45, 2.75) is 25.4 Å². The lowest BCUT2D eigenvalue weighted by atomic mass is 10.1. The van der Waals surface area contributed by atoms with Crippen LogP contribution in [0.3, 0.4) is 0 Å². The minimum atomic E-state index is 0.263. The highest BCUT2D eigenvalue weighted by molar-refractivity contribution is 9.10. The van der Waals surface area contributed by atoms with Crippen molar-refractivity contribution in [1.82, 2.24) is 0 Å². The summed E-state index contributed by atoms with van der Waals surface area (Å²) in [5, 5.41) is 0. The summed E-state index contributed by atoms with van der Waals surface area (Å²) in [6.45, 7) is 2.23. The molecule has 0 aromatic heterocycles. The van der Waals surface area contributed by atoms with Crippen LogP contribution in [0.4, 0.5) is 0 Å². The maximum absolute atomic E-state index is 6.09. The average Bonchev–Trinajstić information content (AvgIpc) is 2.35. The molecule has 2 N–H and O–H groups in total. The van der Waals surface area contributed by atoms with Crippen LogP contribution in [-0.4, -0.2) is 25.9 Å². The molecule has 1 aromatic carbocycles. The Morgan fingerprint density at radius 1 is 1.35 bits per heavy atom. The van der Waals surface area contributed by atoms with E-state index >= 15 is 0 Å². The summed E-state index contributed by atoms with van der Waals surface area (Å²) in [7, 11) is 0. The number of para-hydroxylation sites is 1. The highest BCUT2D eigenvalue weighted by Gasteiger charge is 2.18. The van der Waals surface area contributed by atoms with Crippen LogP contribution < -0.4 is 10.5 Å². The Morgan fingerprint density at radius 2 is 2.12 bits per heavy atom. The van der Waals surface area contributed by atoms with Gasteiger partial charge in [-0.1, -0.05) is 12.1 Å². The van der Waals surface area contributed by atoms with Crippen LogP contribution in [0.15, 0.2) is 22.7 Å². The Morgan fingerprint density at radius 3 is 2.82 bits per heavy atom. The molecule has 1 heterocycles. The van der Waals surface area contributed by atoms with E-state index in [9.17, 15) is 0 Å². The Hall–Kier alpha value is -0.580. The summed E-state index contributed by atoms with van der Waals surface area (Å²) in [6.07, 6.45) is 3.03. The number of hydrogen-bond donors (Lipinski definition) is 1. The van der Waals surface area contributed by atoms with E-state index in [4.69, 9.17) is 15.2 Å². The van der Waals surface area contributed by atoms with Gasteiger partial charge in [-0.2, -0.15) is 0 Å². The third-order valence-electron chi connectivity index (χ3n) is 2.92. The lowest BCUT2D eigenvalue weighted by Crippen LogP contribution is -2.26. The first-order chi connectivity index (χ1) is 8.31. The average molecular weight is 300 g/mol. The molecule has 1 saturated heterocycles. The first kappa shape index (κ1) is 12.9. The summed E-state index contributed by atoms with van der Waals surface area (Å²) in [5.74, 6) is 0.949. The third-order valence-corrected chi connectivity index (χ3v) is 3.54. The second kappa shape index (κ2) is 6.38. The van der Waals surface area contributed by atoms with Crippen molar-refractivity contribution in [2.24, 2.45) is 5.73 Å². The molecule has 0 aliphatic carbocycles. The summed E-state index contributed by atoms with van der Waals surface area (Å²) in [5.41, 5.74) is 6.80. The van der Waals surface area contributed by atoms with Gasteiger partial charge in [0.25, 0.3) is 0 Å². The highest BCUT2D eigenvalue weighted by Crippen LogP contribution is 2.31. The first-order valence-corrected chi connectivity index (χ1v) is 6.82. The molecule has 0 spiro atoms. The molecule has 4 heteroatoms. The molecule has 2 rings (SSSR count). The van der Waals surface area contributed by atoms with Crippen molar-refractivity contribution in [3.63, 3.8) is 0 Å². The van der Waals surface area contributed by atoms with Gasteiger partial charge in [-0.3, -0.25) is 0 Å². The fraction of sp³-hybridized carbons (Fsp3) is 0.538. The quantitative estimate of drug-likeness (QED) is 0.929. The molecule has 17 heavy (non-hydrogen) atoms. The van der Waals surface area contributed by atoms with Gasteiger partial charge in [-0.25, -0.2) is 0 Å². The van der Waals surface area contributed by atoms with E-state index in [2.05, 4.69) is 22.0 Å². The molecule has 0 bridgehead atoms. The molecule has 0 unspecified atom stereocenters. The van der Waals surface area contributed by atoms with Crippen LogP contribution in [0.1, 0.15) is 18.4 Å². The number of ether oxygens (including phenoxy) is 2. The van der Waals surface area contributed by atoms with Gasteiger partial charge in [0.1, 0.15) is 11.9 Å². The van der Waals surface area contributed by atoms with Crippen molar-refractivity contribution in [3.05, 3.63) is 28.2 Å². The third kappa shape index (κ3) is 3.44. The number of nitrogens with two attached hydrogens (primary N) is 1. The molecule has 1 aromatic rings. The molecule has 0 atom stereocenters. The standard InChI is InChI=1S/C13H18BrNO2/c14-12-3-1-2-10(4-7-15)13(12)17-11-5-8-16-9-6-11/h1-3,11H,4-9,15H2. The molecule has 0 amide bonds. The number of rotatable bonds is 4. The van der Waals surface area contributed by atoms with E-state index in [1.807, 2.05) is 12.1 Å². The second-order valence-corrected chi connectivity index (χ2v) is 5.05. The normalized spacial score (nSPS) is 17.1. The number of halogens is 1. The van der Waals surface area contributed by atoms with E-state index < -0.39 is 0 Å². The van der Waals surface area contributed by atoms with Gasteiger partial charge < -0.3 is 15.2 Å². The Labute approximate surface area is 110 Å². The zero-order valence-electron chi connectivity index (χ0n) is 9.82. The maximum atomic E-state index is 6.09. The lowest BCUT2D eigenvalue weighted by Gasteiger charge is -2.25. The van der Waals surface area contributed by atoms with Crippen molar-refractivity contribution in [3.8, 4) is 5.75 Å². The predicted octanol–water partition coefficient (Wildman–Crippen LogP) is 2.51. The fourth-order valence-electron chi connectivity index (χ4n) is 2.00. The Balaban J connectivity index is 2.12. The largest absolute Gasteiger partial charge is 0.489 e. The van der Waals surface area contributed by atoms with Crippen LogP contribution >= 0.6 is 15.9 Å². The van der Waals surface area contributed by atoms with Crippen molar-refractivity contribution >= 4 is 15.9 Å². The van der Waals surface area contributed by atoms with Crippen LogP contribution in [0.5, 0.6) is 5.75 Å². The van der Waals surface area contributed by atoms with E-state index in [0.29, 0.717) is 6.54 Å². The molecule has 0 radical (unpaired) electrons. The maximum Gasteiger partial charge on any atom is 0.137 e. The van der Waals surface area contributed by atoms with E-state index in [0.717, 1.165) is 42.7 Å². The molecule has 0 saturated carbocycles. The van der Waals surface area contributed by atoms with Crippen LogP contribution in [0, 0.1) is 0 Å². The SMILES string of the molecule is NCCc1cccc(Br)c1OC1CCOCC1. The Bertz CT molecular complexity index is 364. The minimum Gasteiger partial charge on any atom is -0.489 e. The minimum absolute atomic E-state index is 0.263. The molecule has 1 fully saturated rings. The van der Waals surface area contributed by atoms with E-state index in [1.165, 1.54) is 5.56 Å². The zero-order valence-corrected chi connectivity index (χ0v) is 11.4. The summed E-state index contributed by atoms with van der Waals surface area (Å²) in [4.78, 5) is 0. The molecule has 94 valence electrons. The summed E-state index contributed by atoms with van der Waals surface area (Å²) >= 11 is 3.55. The number of hydrogen-bond acceptors (Lipinski definition) is 3. The van der Waals surface area contributed by atoms with E-state index in [1.54, 1.807) is 0 Å². The molecule has 1 aliphatic rings. The highest BCUT2D eigenvalue weighted by atomic mass is 79.9. The van der Waals surface area contributed by atoms with Gasteiger partial charge in [0, 0.05) is 12.8 Å². The lowest BCUT2D eigenvalue weighted by molar-refractivity contribution is 0.0249. The van der Waals surface area contributed by atoms with E-state index in [-0.39, 0.29) is 6.10 Å². The summed E-state index contributed by atoms with van der Waals surface area (Å²) in [6, 6.07) is 6.10. The predicted molar refractivity (Wildman–Crippen MR) is 71.4 cm³/mol. The zero-order chi connectivity index (χ0) is 12.1. The van der Waals surface area contributed by atoms with Gasteiger partial charge >= 0.3 is 0 Å². The van der Waals surface area contributed by atoms with Crippen molar-refractivity contribution in [1.29, 1.82) is 0 Å². The van der Waals surface area contributed by atoms with Crippen LogP contribution in [0.2, 0.25) is 0 Å². The van der Waals surface area contributed by atoms with Gasteiger partial charge in [0.15, 0.2) is 0 Å². The molecule has 1 aliphatic heterocycles. The second-order valence-electron chi connectivity index (χ2n) is 4.20. The van der Waals surface area contributed by atoms with Gasteiger partial charge in [0.05, 0.1) is 17.7 Å². The van der Waals surface area contributed by atoms with Gasteiger partial charge in [0.2, 0.25) is 0 Å². The van der Waals surface area contributed by atoms with Gasteiger partial charge in [-0.05, 0) is 40.5 Å². The fourth-order valence-corrected chi connectivity index (χ4v) is 2.50. The Kier molecular flexibility index (Phi) is 4.83. The topological polar surface area (TPSA) is 44.5 Å². The smallest absolute Gasteiger partial charge is 0.137 e. The monoisotopic (exact) mass is 299 g/mol. The van der Waals surface area contributed by atoms with Crippen LogP contribution in [0.25, 0.3) is 0 Å². The van der Waals surface area contributed by atoms with Crippen molar-refractivity contribution < 1.29 is 9.47 Å². The number of benzene rings is 1.